The molecular formula is C20H23ClO5. The fourth-order valence-corrected chi connectivity index (χ4v) is 2.46. The lowest BCUT2D eigenvalue weighted by molar-refractivity contribution is -0.114. The molecule has 1 atom stereocenters. The van der Waals surface area contributed by atoms with Crippen LogP contribution in [-0.2, 0) is 16.0 Å². The number of rotatable bonds is 0. The third kappa shape index (κ3) is 5.77. The topological polar surface area (TPSA) is 83.8 Å². The zero-order valence-corrected chi connectivity index (χ0v) is 15.8. The number of cyclic esters (lactones) is 1. The van der Waals surface area contributed by atoms with Gasteiger partial charge in [0.2, 0.25) is 0 Å². The van der Waals surface area contributed by atoms with Crippen molar-refractivity contribution in [1.82, 2.24) is 0 Å². The Labute approximate surface area is 158 Å². The monoisotopic (exact) mass is 378 g/mol. The minimum absolute atomic E-state index is 0.0394. The van der Waals surface area contributed by atoms with Gasteiger partial charge >= 0.3 is 5.97 Å². The highest BCUT2D eigenvalue weighted by Crippen LogP contribution is 2.37. The summed E-state index contributed by atoms with van der Waals surface area (Å²) in [7, 11) is 0. The molecule has 0 spiro atoms. The van der Waals surface area contributed by atoms with Crippen molar-refractivity contribution in [2.24, 2.45) is 0 Å². The molecule has 26 heavy (non-hydrogen) atoms. The minimum Gasteiger partial charge on any atom is -0.507 e. The van der Waals surface area contributed by atoms with Gasteiger partial charge in [-0.2, -0.15) is 0 Å². The van der Waals surface area contributed by atoms with E-state index in [9.17, 15) is 19.8 Å². The first-order chi connectivity index (χ1) is 12.4. The predicted octanol–water partition coefficient (Wildman–Crippen LogP) is 4.51. The van der Waals surface area contributed by atoms with Crippen molar-refractivity contribution in [3.8, 4) is 11.5 Å². The molecule has 1 heterocycles. The molecule has 5 nitrogen and oxygen atoms in total. The van der Waals surface area contributed by atoms with Gasteiger partial charge in [0.25, 0.3) is 0 Å². The summed E-state index contributed by atoms with van der Waals surface area (Å²) in [6, 6.07) is 0.958. The lowest BCUT2D eigenvalue weighted by Crippen LogP contribution is -2.17. The molecule has 6 heteroatoms. The van der Waals surface area contributed by atoms with Crippen LogP contribution in [0.4, 0.5) is 0 Å². The van der Waals surface area contributed by atoms with E-state index in [-0.39, 0.29) is 28.4 Å². The molecule has 140 valence electrons. The van der Waals surface area contributed by atoms with Crippen molar-refractivity contribution in [1.29, 1.82) is 0 Å². The molecule has 2 N–H and O–H groups in total. The first-order valence-corrected chi connectivity index (χ1v) is 8.75. The smallest absolute Gasteiger partial charge is 0.342 e. The zero-order chi connectivity index (χ0) is 19.7. The number of hydrogen-bond donors (Lipinski definition) is 2. The quantitative estimate of drug-likeness (QED) is 0.649. The molecule has 1 aliphatic rings. The minimum atomic E-state index is -0.797. The number of allylic oxidation sites excluding steroid dienone is 5. The summed E-state index contributed by atoms with van der Waals surface area (Å²) in [6.07, 6.45) is 9.74. The Morgan fingerprint density at radius 2 is 1.73 bits per heavy atom. The van der Waals surface area contributed by atoms with Crippen molar-refractivity contribution < 1.29 is 24.5 Å². The molecule has 0 saturated heterocycles. The lowest BCUT2D eigenvalue weighted by Gasteiger charge is -2.16. The lowest BCUT2D eigenvalue weighted by atomic mass is 10.00. The highest BCUT2D eigenvalue weighted by atomic mass is 35.5. The van der Waals surface area contributed by atoms with Gasteiger partial charge in [-0.1, -0.05) is 55.8 Å². The maximum atomic E-state index is 12.4. The maximum Gasteiger partial charge on any atom is 0.342 e. The van der Waals surface area contributed by atoms with Gasteiger partial charge in [0.15, 0.2) is 5.78 Å². The first-order valence-electron chi connectivity index (χ1n) is 8.37. The number of hydrogen-bond acceptors (Lipinski definition) is 5. The van der Waals surface area contributed by atoms with Crippen molar-refractivity contribution in [2.45, 2.75) is 39.7 Å². The summed E-state index contributed by atoms with van der Waals surface area (Å²) in [5.41, 5.74) is -0.166. The SMILES string of the molecule is CC.CC1C/C=C/C=C\C=C\C(=O)Cc2c(Cl)c(O)cc(O)c2C(=O)O1. The molecule has 1 aliphatic heterocycles. The van der Waals surface area contributed by atoms with E-state index in [0.717, 1.165) is 6.07 Å². The van der Waals surface area contributed by atoms with Crippen LogP contribution in [0.15, 0.2) is 42.5 Å². The molecular weight excluding hydrogens is 356 g/mol. The molecule has 0 bridgehead atoms. The van der Waals surface area contributed by atoms with Crippen LogP contribution in [0.1, 0.15) is 43.1 Å². The summed E-state index contributed by atoms with van der Waals surface area (Å²) in [6.45, 7) is 5.71. The van der Waals surface area contributed by atoms with Gasteiger partial charge in [0.05, 0.1) is 5.02 Å². The van der Waals surface area contributed by atoms with Gasteiger partial charge in [-0.3, -0.25) is 4.79 Å². The van der Waals surface area contributed by atoms with E-state index in [1.165, 1.54) is 6.08 Å². The van der Waals surface area contributed by atoms with Crippen LogP contribution in [-0.4, -0.2) is 28.1 Å². The van der Waals surface area contributed by atoms with Crippen LogP contribution < -0.4 is 0 Å². The van der Waals surface area contributed by atoms with Crippen LogP contribution >= 0.6 is 11.6 Å². The van der Waals surface area contributed by atoms with Crippen LogP contribution in [0.2, 0.25) is 5.02 Å². The fraction of sp³-hybridized carbons (Fsp3) is 0.300. The van der Waals surface area contributed by atoms with Crippen molar-refractivity contribution in [3.05, 3.63) is 58.7 Å². The Kier molecular flexibility index (Phi) is 8.65. The fourth-order valence-electron chi connectivity index (χ4n) is 2.24. The van der Waals surface area contributed by atoms with E-state index in [0.29, 0.717) is 6.42 Å². The van der Waals surface area contributed by atoms with Gasteiger partial charge in [-0.25, -0.2) is 4.79 Å². The maximum absolute atomic E-state index is 12.4. The molecule has 1 aromatic rings. The highest BCUT2D eigenvalue weighted by Gasteiger charge is 2.25. The predicted molar refractivity (Wildman–Crippen MR) is 102 cm³/mol. The van der Waals surface area contributed by atoms with Crippen molar-refractivity contribution in [3.63, 3.8) is 0 Å². The molecule has 1 aromatic carbocycles. The molecule has 0 fully saturated rings. The van der Waals surface area contributed by atoms with Crippen molar-refractivity contribution in [2.75, 3.05) is 0 Å². The largest absolute Gasteiger partial charge is 0.507 e. The molecule has 0 aliphatic carbocycles. The Morgan fingerprint density at radius 1 is 1.08 bits per heavy atom. The third-order valence-electron chi connectivity index (χ3n) is 3.40. The summed E-state index contributed by atoms with van der Waals surface area (Å²) in [4.78, 5) is 24.4. The summed E-state index contributed by atoms with van der Waals surface area (Å²) < 4.78 is 5.29. The average molecular weight is 379 g/mol. The van der Waals surface area contributed by atoms with E-state index < -0.39 is 23.6 Å². The van der Waals surface area contributed by atoms with E-state index >= 15 is 0 Å². The normalized spacial score (nSPS) is 21.3. The Balaban J connectivity index is 0.00000163. The van der Waals surface area contributed by atoms with Crippen LogP contribution in [0.3, 0.4) is 0 Å². The first kappa shape index (κ1) is 21.5. The number of ketones is 1. The van der Waals surface area contributed by atoms with Gasteiger partial charge in [-0.15, -0.1) is 0 Å². The van der Waals surface area contributed by atoms with E-state index in [4.69, 9.17) is 16.3 Å². The number of carbonyl (C=O) groups excluding carboxylic acids is 2. The van der Waals surface area contributed by atoms with Crippen molar-refractivity contribution >= 4 is 23.4 Å². The second-order valence-corrected chi connectivity index (χ2v) is 5.73. The summed E-state index contributed by atoms with van der Waals surface area (Å²) in [5, 5.41) is 19.6. The zero-order valence-electron chi connectivity index (χ0n) is 15.0. The third-order valence-corrected chi connectivity index (χ3v) is 3.83. The average Bonchev–Trinajstić information content (AvgIpc) is 2.59. The van der Waals surface area contributed by atoms with Crippen LogP contribution in [0.25, 0.3) is 0 Å². The highest BCUT2D eigenvalue weighted by molar-refractivity contribution is 6.33. The number of phenols is 2. The summed E-state index contributed by atoms with van der Waals surface area (Å²) >= 11 is 6.03. The number of halogens is 1. The van der Waals surface area contributed by atoms with Crippen LogP contribution in [0.5, 0.6) is 11.5 Å². The van der Waals surface area contributed by atoms with Gasteiger partial charge in [-0.05, 0) is 13.0 Å². The Morgan fingerprint density at radius 3 is 2.42 bits per heavy atom. The number of esters is 1. The van der Waals surface area contributed by atoms with Crippen LogP contribution in [0, 0.1) is 0 Å². The second-order valence-electron chi connectivity index (χ2n) is 5.35. The Hall–Kier alpha value is -2.53. The number of aromatic hydroxyl groups is 2. The van der Waals surface area contributed by atoms with Gasteiger partial charge < -0.3 is 14.9 Å². The number of carbonyl (C=O) groups is 2. The second kappa shape index (κ2) is 10.5. The number of benzene rings is 1. The standard InChI is InChI=1S/C18H17ClO5.C2H6/c1-11-7-5-3-2-4-6-8-12(20)9-13-16(18(23)24-11)14(21)10-15(22)17(13)19;1-2/h2-6,8,10-11,21-22H,7,9H2,1H3;1-2H3/b4-2-,5-3+,8-6+;. The molecule has 0 aromatic heterocycles. The van der Waals surface area contributed by atoms with Gasteiger partial charge in [0.1, 0.15) is 23.2 Å². The van der Waals surface area contributed by atoms with E-state index in [2.05, 4.69) is 0 Å². The molecule has 0 amide bonds. The summed E-state index contributed by atoms with van der Waals surface area (Å²) in [5.74, 6) is -2.03. The van der Waals surface area contributed by atoms with E-state index in [1.54, 1.807) is 31.2 Å². The van der Waals surface area contributed by atoms with E-state index in [1.807, 2.05) is 19.9 Å². The number of fused-ring (bicyclic) bond motifs is 1. The van der Waals surface area contributed by atoms with Gasteiger partial charge in [0, 0.05) is 24.5 Å². The number of phenolic OH excluding ortho intramolecular Hbond substituents is 2. The molecule has 1 unspecified atom stereocenters. The molecule has 0 saturated carbocycles. The molecule has 0 radical (unpaired) electrons. The Bertz CT molecular complexity index is 747. The number of ether oxygens (including phenoxy) is 1. The molecule has 2 rings (SSSR count).